The fourth-order valence-corrected chi connectivity index (χ4v) is 3.80. The van der Waals surface area contributed by atoms with Gasteiger partial charge in [0.1, 0.15) is 5.82 Å². The lowest BCUT2D eigenvalue weighted by molar-refractivity contribution is -0.116. The number of carbonyl (C=O) groups is 1. The number of aromatic hydroxyl groups is 1. The number of rotatable bonds is 4. The molecule has 1 aromatic carbocycles. The lowest BCUT2D eigenvalue weighted by Gasteiger charge is -2.24. The van der Waals surface area contributed by atoms with Gasteiger partial charge < -0.3 is 15.2 Å². The molecular weight excluding hydrogens is 370 g/mol. The Morgan fingerprint density at radius 1 is 1.21 bits per heavy atom. The maximum atomic E-state index is 12.5. The number of hydrogen-bond acceptors (Lipinski definition) is 6. The van der Waals surface area contributed by atoms with Crippen molar-refractivity contribution in [3.63, 3.8) is 0 Å². The van der Waals surface area contributed by atoms with E-state index in [9.17, 15) is 9.90 Å². The quantitative estimate of drug-likeness (QED) is 0.706. The summed E-state index contributed by atoms with van der Waals surface area (Å²) in [5.41, 5.74) is 4.24. The molecule has 3 aromatic rings. The predicted octanol–water partition coefficient (Wildman–Crippen LogP) is 3.17. The van der Waals surface area contributed by atoms with Crippen LogP contribution in [0.5, 0.6) is 11.5 Å². The van der Waals surface area contributed by atoms with Crippen molar-refractivity contribution < 1.29 is 14.6 Å². The molecule has 0 bridgehead atoms. The highest BCUT2D eigenvalue weighted by Gasteiger charge is 2.33. The van der Waals surface area contributed by atoms with Crippen LogP contribution in [0.1, 0.15) is 47.5 Å². The van der Waals surface area contributed by atoms with Crippen molar-refractivity contribution in [2.45, 2.75) is 40.0 Å². The fraction of sp³-hybridized carbons (Fsp3) is 0.333. The average Bonchev–Trinajstić information content (AvgIpc) is 2.99. The number of phenols is 1. The van der Waals surface area contributed by atoms with Crippen LogP contribution in [0.3, 0.4) is 0 Å². The molecule has 3 heterocycles. The molecule has 8 nitrogen and oxygen atoms in total. The van der Waals surface area contributed by atoms with Gasteiger partial charge in [-0.05, 0) is 51.5 Å². The maximum Gasteiger partial charge on any atom is 0.252 e. The van der Waals surface area contributed by atoms with Gasteiger partial charge in [0.25, 0.3) is 5.95 Å². The number of nitrogens with one attached hydrogen (secondary N) is 1. The Morgan fingerprint density at radius 3 is 2.62 bits per heavy atom. The molecular formula is C21H23N5O3. The topological polar surface area (TPSA) is 102 Å². The molecule has 0 saturated heterocycles. The van der Waals surface area contributed by atoms with Gasteiger partial charge in [-0.25, -0.2) is 9.97 Å². The van der Waals surface area contributed by atoms with Crippen LogP contribution in [0.25, 0.3) is 5.95 Å². The van der Waals surface area contributed by atoms with Crippen LogP contribution in [0.15, 0.2) is 24.3 Å². The molecule has 0 radical (unpaired) electrons. The van der Waals surface area contributed by atoms with Crippen LogP contribution < -0.4 is 10.1 Å². The average molecular weight is 393 g/mol. The Kier molecular flexibility index (Phi) is 4.70. The summed E-state index contributed by atoms with van der Waals surface area (Å²) >= 11 is 0. The summed E-state index contributed by atoms with van der Waals surface area (Å²) in [4.78, 5) is 21.5. The van der Waals surface area contributed by atoms with E-state index in [2.05, 4.69) is 20.4 Å². The van der Waals surface area contributed by atoms with E-state index in [1.54, 1.807) is 16.8 Å². The molecule has 0 saturated carbocycles. The summed E-state index contributed by atoms with van der Waals surface area (Å²) in [5, 5.41) is 17.6. The third-order valence-corrected chi connectivity index (χ3v) is 4.95. The zero-order chi connectivity index (χ0) is 20.7. The SMILES string of the molecule is CCOc1cc([C@@H]2CC(=O)Nc3c2c(C)nn3-c2nc(C)cc(C)n2)ccc1O. The standard InChI is InChI=1S/C21H23N5O3/c1-5-29-17-9-14(6-7-16(17)27)15-10-18(28)24-20-19(15)13(4)25-26(20)21-22-11(2)8-12(3)23-21/h6-9,15,27H,5,10H2,1-4H3,(H,24,28)/t15-/m0/s1. The molecule has 2 N–H and O–H groups in total. The van der Waals surface area contributed by atoms with E-state index in [4.69, 9.17) is 4.74 Å². The number of anilines is 1. The van der Waals surface area contributed by atoms with Gasteiger partial charge in [0, 0.05) is 29.3 Å². The Labute approximate surface area is 168 Å². The van der Waals surface area contributed by atoms with E-state index in [1.165, 1.54) is 0 Å². The number of carbonyl (C=O) groups excluding carboxylic acids is 1. The van der Waals surface area contributed by atoms with Gasteiger partial charge in [-0.2, -0.15) is 9.78 Å². The molecule has 2 aromatic heterocycles. The van der Waals surface area contributed by atoms with Crippen molar-refractivity contribution in [2.24, 2.45) is 0 Å². The lowest BCUT2D eigenvalue weighted by atomic mass is 9.85. The second kappa shape index (κ2) is 7.20. The van der Waals surface area contributed by atoms with E-state index in [-0.39, 0.29) is 24.0 Å². The minimum Gasteiger partial charge on any atom is -0.504 e. The monoisotopic (exact) mass is 393 g/mol. The van der Waals surface area contributed by atoms with Gasteiger partial charge in [0.15, 0.2) is 11.5 Å². The number of benzene rings is 1. The second-order valence-corrected chi connectivity index (χ2v) is 7.18. The highest BCUT2D eigenvalue weighted by molar-refractivity contribution is 5.95. The van der Waals surface area contributed by atoms with Crippen molar-refractivity contribution in [2.75, 3.05) is 11.9 Å². The van der Waals surface area contributed by atoms with Crippen molar-refractivity contribution in [3.8, 4) is 17.4 Å². The summed E-state index contributed by atoms with van der Waals surface area (Å²) in [6, 6.07) is 7.09. The molecule has 1 aliphatic rings. The molecule has 0 fully saturated rings. The molecule has 29 heavy (non-hydrogen) atoms. The van der Waals surface area contributed by atoms with Gasteiger partial charge in [-0.3, -0.25) is 4.79 Å². The predicted molar refractivity (Wildman–Crippen MR) is 108 cm³/mol. The molecule has 8 heteroatoms. The lowest BCUT2D eigenvalue weighted by Crippen LogP contribution is -2.25. The van der Waals surface area contributed by atoms with Gasteiger partial charge in [0.2, 0.25) is 5.91 Å². The van der Waals surface area contributed by atoms with Crippen LogP contribution in [-0.2, 0) is 4.79 Å². The molecule has 4 rings (SSSR count). The highest BCUT2D eigenvalue weighted by Crippen LogP contribution is 2.42. The van der Waals surface area contributed by atoms with E-state index in [1.807, 2.05) is 39.8 Å². The number of phenolic OH excluding ortho intramolecular Hbond substituents is 1. The van der Waals surface area contributed by atoms with Crippen molar-refractivity contribution in [3.05, 3.63) is 52.5 Å². The summed E-state index contributed by atoms with van der Waals surface area (Å²) in [7, 11) is 0. The van der Waals surface area contributed by atoms with Crippen molar-refractivity contribution in [1.82, 2.24) is 19.7 Å². The number of hydrogen-bond donors (Lipinski definition) is 2. The first-order chi connectivity index (χ1) is 13.9. The summed E-state index contributed by atoms with van der Waals surface area (Å²) in [6.45, 7) is 8.00. The van der Waals surface area contributed by atoms with Crippen LogP contribution in [0.2, 0.25) is 0 Å². The van der Waals surface area contributed by atoms with Gasteiger partial charge in [0.05, 0.1) is 12.3 Å². The van der Waals surface area contributed by atoms with Crippen LogP contribution in [-0.4, -0.2) is 37.4 Å². The molecule has 0 spiro atoms. The third-order valence-electron chi connectivity index (χ3n) is 4.95. The summed E-state index contributed by atoms with van der Waals surface area (Å²) in [6.07, 6.45) is 0.281. The molecule has 1 aliphatic heterocycles. The van der Waals surface area contributed by atoms with Crippen molar-refractivity contribution >= 4 is 11.7 Å². The van der Waals surface area contributed by atoms with E-state index >= 15 is 0 Å². The normalized spacial score (nSPS) is 15.7. The zero-order valence-electron chi connectivity index (χ0n) is 16.9. The van der Waals surface area contributed by atoms with Crippen LogP contribution in [0.4, 0.5) is 5.82 Å². The summed E-state index contributed by atoms with van der Waals surface area (Å²) < 4.78 is 7.12. The van der Waals surface area contributed by atoms with E-state index in [0.717, 1.165) is 28.2 Å². The van der Waals surface area contributed by atoms with Gasteiger partial charge >= 0.3 is 0 Å². The first kappa shape index (κ1) is 18.9. The minimum atomic E-state index is -0.210. The highest BCUT2D eigenvalue weighted by atomic mass is 16.5. The molecule has 1 amide bonds. The molecule has 0 unspecified atom stereocenters. The first-order valence-corrected chi connectivity index (χ1v) is 9.55. The summed E-state index contributed by atoms with van der Waals surface area (Å²) in [5.74, 6) is 1.16. The smallest absolute Gasteiger partial charge is 0.252 e. The Morgan fingerprint density at radius 2 is 1.93 bits per heavy atom. The van der Waals surface area contributed by atoms with E-state index < -0.39 is 0 Å². The second-order valence-electron chi connectivity index (χ2n) is 7.18. The van der Waals surface area contributed by atoms with Gasteiger partial charge in [-0.1, -0.05) is 6.07 Å². The number of amides is 1. The van der Waals surface area contributed by atoms with Crippen LogP contribution >= 0.6 is 0 Å². The molecule has 0 aliphatic carbocycles. The van der Waals surface area contributed by atoms with Gasteiger partial charge in [-0.15, -0.1) is 0 Å². The Hall–Kier alpha value is -3.42. The number of ether oxygens (including phenoxy) is 1. The van der Waals surface area contributed by atoms with Crippen LogP contribution in [0, 0.1) is 20.8 Å². The number of nitrogens with zero attached hydrogens (tertiary/aromatic N) is 4. The Balaban J connectivity index is 1.85. The Bertz CT molecular complexity index is 1090. The third kappa shape index (κ3) is 3.41. The number of aromatic nitrogens is 4. The zero-order valence-corrected chi connectivity index (χ0v) is 16.9. The maximum absolute atomic E-state index is 12.5. The molecule has 1 atom stereocenters. The largest absolute Gasteiger partial charge is 0.504 e. The fourth-order valence-electron chi connectivity index (χ4n) is 3.80. The van der Waals surface area contributed by atoms with E-state index in [0.29, 0.717) is 24.1 Å². The first-order valence-electron chi connectivity index (χ1n) is 9.55. The minimum absolute atomic E-state index is 0.0761. The van der Waals surface area contributed by atoms with Crippen molar-refractivity contribution in [1.29, 1.82) is 0 Å². The number of aryl methyl sites for hydroxylation is 3. The number of fused-ring (bicyclic) bond motifs is 1. The molecule has 150 valence electrons.